The summed E-state index contributed by atoms with van der Waals surface area (Å²) in [5, 5.41) is 13.9. The first-order valence-electron chi connectivity index (χ1n) is 10.2. The van der Waals surface area contributed by atoms with Crippen LogP contribution in [-0.4, -0.2) is 31.7 Å². The molecule has 1 amide bonds. The first-order chi connectivity index (χ1) is 15.7. The number of para-hydroxylation sites is 1. The van der Waals surface area contributed by atoms with Crippen LogP contribution < -0.4 is 16.0 Å². The molecule has 2 heterocycles. The lowest BCUT2D eigenvalue weighted by Gasteiger charge is -2.13. The number of benzene rings is 2. The van der Waals surface area contributed by atoms with Crippen molar-refractivity contribution < 1.29 is 4.79 Å². The Morgan fingerprint density at radius 2 is 1.84 bits per heavy atom. The van der Waals surface area contributed by atoms with Crippen LogP contribution in [0, 0.1) is 0 Å². The summed E-state index contributed by atoms with van der Waals surface area (Å²) in [5.41, 5.74) is 2.93. The maximum atomic E-state index is 12.6. The van der Waals surface area contributed by atoms with E-state index >= 15 is 0 Å². The van der Waals surface area contributed by atoms with Gasteiger partial charge in [-0.25, -0.2) is 9.67 Å². The Morgan fingerprint density at radius 1 is 1.03 bits per heavy atom. The van der Waals surface area contributed by atoms with Gasteiger partial charge in [-0.2, -0.15) is 10.1 Å². The van der Waals surface area contributed by atoms with Crippen molar-refractivity contribution in [3.05, 3.63) is 83.8 Å². The molecule has 0 radical (unpaired) electrons. The lowest BCUT2D eigenvalue weighted by atomic mass is 10.1. The van der Waals surface area contributed by atoms with Crippen LogP contribution in [0.3, 0.4) is 0 Å². The molecule has 2 aromatic carbocycles. The number of halogens is 1. The third-order valence-corrected chi connectivity index (χ3v) is 5.25. The highest BCUT2D eigenvalue weighted by Crippen LogP contribution is 2.28. The number of nitrogens with zero attached hydrogens (tertiary/aromatic N) is 4. The molecule has 1 saturated carbocycles. The molecule has 160 valence electrons. The molecule has 1 fully saturated rings. The second-order valence-corrected chi connectivity index (χ2v) is 7.84. The van der Waals surface area contributed by atoms with E-state index in [-0.39, 0.29) is 11.9 Å². The fourth-order valence-corrected chi connectivity index (χ4v) is 3.31. The molecule has 0 bridgehead atoms. The van der Waals surface area contributed by atoms with Gasteiger partial charge in [-0.15, -0.1) is 0 Å². The van der Waals surface area contributed by atoms with Crippen molar-refractivity contribution in [2.45, 2.75) is 18.9 Å². The molecule has 9 heteroatoms. The van der Waals surface area contributed by atoms with Gasteiger partial charge in [0.15, 0.2) is 5.82 Å². The molecule has 0 aliphatic heterocycles. The smallest absolute Gasteiger partial charge is 0.253 e. The van der Waals surface area contributed by atoms with Gasteiger partial charge in [0.2, 0.25) is 5.95 Å². The summed E-state index contributed by atoms with van der Waals surface area (Å²) in [6, 6.07) is 17.1. The molecule has 0 unspecified atom stereocenters. The van der Waals surface area contributed by atoms with Crippen molar-refractivity contribution in [2.75, 3.05) is 10.6 Å². The molecule has 0 saturated heterocycles. The minimum atomic E-state index is -0.114. The van der Waals surface area contributed by atoms with Gasteiger partial charge in [0, 0.05) is 24.1 Å². The SMILES string of the molecule is O=C(NC1CC1)c1ccccc1Nc1nc(Nc2ccc(-n3cccn3)cc2)ncc1Cl. The van der Waals surface area contributed by atoms with E-state index in [9.17, 15) is 4.79 Å². The van der Waals surface area contributed by atoms with Crippen LogP contribution in [0.15, 0.2) is 73.2 Å². The quantitative estimate of drug-likeness (QED) is 0.381. The van der Waals surface area contributed by atoms with Crippen LogP contribution in [0.5, 0.6) is 0 Å². The average molecular weight is 446 g/mol. The second kappa shape index (κ2) is 8.68. The van der Waals surface area contributed by atoms with E-state index < -0.39 is 0 Å². The normalized spacial score (nSPS) is 12.9. The van der Waals surface area contributed by atoms with Gasteiger partial charge in [0.1, 0.15) is 5.02 Å². The van der Waals surface area contributed by atoms with Crippen LogP contribution in [0.4, 0.5) is 23.1 Å². The molecule has 0 atom stereocenters. The number of anilines is 4. The van der Waals surface area contributed by atoms with Crippen LogP contribution in [0.25, 0.3) is 5.69 Å². The minimum Gasteiger partial charge on any atom is -0.349 e. The van der Waals surface area contributed by atoms with E-state index in [0.717, 1.165) is 24.2 Å². The molecule has 1 aliphatic carbocycles. The number of hydrogen-bond donors (Lipinski definition) is 3. The zero-order chi connectivity index (χ0) is 21.9. The highest BCUT2D eigenvalue weighted by Gasteiger charge is 2.25. The zero-order valence-corrected chi connectivity index (χ0v) is 17.8. The number of amides is 1. The summed E-state index contributed by atoms with van der Waals surface area (Å²) in [4.78, 5) is 21.3. The zero-order valence-electron chi connectivity index (χ0n) is 17.0. The van der Waals surface area contributed by atoms with Crippen molar-refractivity contribution in [1.82, 2.24) is 25.1 Å². The lowest BCUT2D eigenvalue weighted by molar-refractivity contribution is 0.0952. The van der Waals surface area contributed by atoms with Gasteiger partial charge in [0.25, 0.3) is 5.91 Å². The molecule has 2 aromatic heterocycles. The summed E-state index contributed by atoms with van der Waals surface area (Å²) in [5.74, 6) is 0.670. The van der Waals surface area contributed by atoms with Crippen molar-refractivity contribution in [2.24, 2.45) is 0 Å². The van der Waals surface area contributed by atoms with Gasteiger partial charge in [-0.3, -0.25) is 4.79 Å². The fraction of sp³-hybridized carbons (Fsp3) is 0.130. The second-order valence-electron chi connectivity index (χ2n) is 7.43. The average Bonchev–Trinajstić information content (AvgIpc) is 3.45. The Labute approximate surface area is 189 Å². The molecular weight excluding hydrogens is 426 g/mol. The largest absolute Gasteiger partial charge is 0.349 e. The van der Waals surface area contributed by atoms with Gasteiger partial charge in [-0.1, -0.05) is 23.7 Å². The summed E-state index contributed by atoms with van der Waals surface area (Å²) in [6.07, 6.45) is 7.18. The molecule has 32 heavy (non-hydrogen) atoms. The predicted molar refractivity (Wildman–Crippen MR) is 124 cm³/mol. The molecule has 1 aliphatic rings. The van der Waals surface area contributed by atoms with E-state index in [2.05, 4.69) is 31.0 Å². The Hall–Kier alpha value is -3.91. The monoisotopic (exact) mass is 445 g/mol. The summed E-state index contributed by atoms with van der Waals surface area (Å²) in [7, 11) is 0. The highest BCUT2D eigenvalue weighted by atomic mass is 35.5. The Kier molecular flexibility index (Phi) is 5.43. The third-order valence-electron chi connectivity index (χ3n) is 4.97. The molecular formula is C23H20ClN7O. The minimum absolute atomic E-state index is 0.114. The van der Waals surface area contributed by atoms with Crippen LogP contribution in [-0.2, 0) is 0 Å². The number of aromatic nitrogens is 4. The van der Waals surface area contributed by atoms with E-state index in [4.69, 9.17) is 11.6 Å². The van der Waals surface area contributed by atoms with Gasteiger partial charge >= 0.3 is 0 Å². The van der Waals surface area contributed by atoms with Gasteiger partial charge in [0.05, 0.1) is 23.1 Å². The van der Waals surface area contributed by atoms with Crippen molar-refractivity contribution in [3.8, 4) is 5.69 Å². The standard InChI is InChI=1S/C23H20ClN7O/c24-19-14-25-23(28-16-8-10-17(11-9-16)31-13-3-12-26-31)30-21(19)29-20-5-2-1-4-18(20)22(32)27-15-6-7-15/h1-5,8-15H,6-7H2,(H,27,32)(H2,25,28,29,30). The van der Waals surface area contributed by atoms with E-state index in [0.29, 0.717) is 28.0 Å². The summed E-state index contributed by atoms with van der Waals surface area (Å²) in [6.45, 7) is 0. The highest BCUT2D eigenvalue weighted by molar-refractivity contribution is 6.33. The molecule has 3 N–H and O–H groups in total. The van der Waals surface area contributed by atoms with E-state index in [1.807, 2.05) is 54.7 Å². The number of carbonyl (C=O) groups is 1. The lowest BCUT2D eigenvalue weighted by Crippen LogP contribution is -2.26. The molecule has 4 aromatic rings. The first-order valence-corrected chi connectivity index (χ1v) is 10.6. The van der Waals surface area contributed by atoms with Crippen LogP contribution >= 0.6 is 11.6 Å². The summed E-state index contributed by atoms with van der Waals surface area (Å²) >= 11 is 6.33. The Morgan fingerprint density at radius 3 is 2.59 bits per heavy atom. The molecule has 5 rings (SSSR count). The van der Waals surface area contributed by atoms with Crippen LogP contribution in [0.1, 0.15) is 23.2 Å². The predicted octanol–water partition coefficient (Wildman–Crippen LogP) is 4.70. The van der Waals surface area contributed by atoms with Gasteiger partial charge < -0.3 is 16.0 Å². The fourth-order valence-electron chi connectivity index (χ4n) is 3.17. The Balaban J connectivity index is 1.34. The number of hydrogen-bond acceptors (Lipinski definition) is 6. The topological polar surface area (TPSA) is 96.8 Å². The van der Waals surface area contributed by atoms with Crippen molar-refractivity contribution >= 4 is 40.6 Å². The van der Waals surface area contributed by atoms with E-state index in [1.54, 1.807) is 16.9 Å². The van der Waals surface area contributed by atoms with Crippen molar-refractivity contribution in [1.29, 1.82) is 0 Å². The number of rotatable bonds is 7. The maximum absolute atomic E-state index is 12.6. The Bertz CT molecular complexity index is 1240. The third kappa shape index (κ3) is 4.55. The first kappa shape index (κ1) is 20.0. The summed E-state index contributed by atoms with van der Waals surface area (Å²) < 4.78 is 1.78. The maximum Gasteiger partial charge on any atom is 0.253 e. The van der Waals surface area contributed by atoms with Gasteiger partial charge in [-0.05, 0) is 55.3 Å². The van der Waals surface area contributed by atoms with E-state index in [1.165, 1.54) is 6.20 Å². The number of carbonyl (C=O) groups excluding carboxylic acids is 1. The van der Waals surface area contributed by atoms with Crippen LogP contribution in [0.2, 0.25) is 5.02 Å². The van der Waals surface area contributed by atoms with Crippen molar-refractivity contribution in [3.63, 3.8) is 0 Å². The number of nitrogens with one attached hydrogen (secondary N) is 3. The molecule has 0 spiro atoms. The molecule has 8 nitrogen and oxygen atoms in total.